The molecule has 0 aliphatic rings. The molecule has 0 heterocycles. The Morgan fingerprint density at radius 2 is 1.67 bits per heavy atom. The van der Waals surface area contributed by atoms with Crippen LogP contribution in [0, 0.1) is 0 Å². The number of rotatable bonds is 3. The summed E-state index contributed by atoms with van der Waals surface area (Å²) in [5, 5.41) is 9.60. The van der Waals surface area contributed by atoms with Crippen molar-refractivity contribution in [2.45, 2.75) is 19.9 Å². The minimum Gasteiger partial charge on any atom is -0.817 e. The predicted molar refractivity (Wildman–Crippen MR) is 31.4 cm³/mol. The molecule has 0 aromatic rings. The molecule has 8 heteroatoms. The maximum atomic E-state index is 9.97. The van der Waals surface area contributed by atoms with Crippen LogP contribution >= 0.6 is 0 Å². The minimum absolute atomic E-state index is 0. The molecule has 0 atom stereocenters. The quantitative estimate of drug-likeness (QED) is 0.452. The van der Waals surface area contributed by atoms with Gasteiger partial charge in [0.15, 0.2) is 0 Å². The van der Waals surface area contributed by atoms with Crippen molar-refractivity contribution in [1.82, 2.24) is 0 Å². The monoisotopic (exact) mass is 212 g/mol. The van der Waals surface area contributed by atoms with Crippen LogP contribution in [-0.2, 0) is 4.79 Å². The van der Waals surface area contributed by atoms with Crippen molar-refractivity contribution in [2.75, 3.05) is 0 Å². The van der Waals surface area contributed by atoms with E-state index in [1.807, 2.05) is 0 Å². The predicted octanol–water partition coefficient (Wildman–Crippen LogP) is -8.95. The third-order valence-electron chi connectivity index (χ3n) is 0.655. The summed E-state index contributed by atoms with van der Waals surface area (Å²) in [6.07, 6.45) is -0.581. The van der Waals surface area contributed by atoms with Gasteiger partial charge in [0.1, 0.15) is 0 Å². The summed E-state index contributed by atoms with van der Waals surface area (Å²) in [4.78, 5) is 35.8. The van der Waals surface area contributed by atoms with Gasteiger partial charge in [-0.2, -0.15) is 0 Å². The van der Waals surface area contributed by atoms with E-state index >= 15 is 0 Å². The normalized spacial score (nSPS) is 8.58. The third-order valence-corrected chi connectivity index (χ3v) is 1.56. The van der Waals surface area contributed by atoms with Crippen LogP contribution in [0.4, 0.5) is 0 Å². The molecule has 0 bridgehead atoms. The molecule has 0 saturated heterocycles. The molecule has 0 saturated carbocycles. The van der Waals surface area contributed by atoms with Gasteiger partial charge >= 0.3 is 59.1 Å². The molecular weight excluding hydrogens is 202 g/mol. The first-order valence-corrected chi connectivity index (χ1v) is 4.28. The van der Waals surface area contributed by atoms with Gasteiger partial charge in [0.2, 0.25) is 8.80 Å². The molecular formula is C4H10Na2O5Si. The Kier molecular flexibility index (Phi) is 20.8. The number of hydrogen-bond acceptors (Lipinski definition) is 5. The van der Waals surface area contributed by atoms with Crippen LogP contribution < -0.4 is 69.0 Å². The SMILES string of the molecule is C.O=C([O-])CC[Si]([O-])(O)O.[Na+].[Na+]. The average molecular weight is 212 g/mol. The van der Waals surface area contributed by atoms with E-state index in [-0.39, 0.29) is 66.5 Å². The maximum absolute atomic E-state index is 9.97. The molecule has 0 aromatic heterocycles. The van der Waals surface area contributed by atoms with Gasteiger partial charge in [-0.25, -0.2) is 0 Å². The van der Waals surface area contributed by atoms with Gasteiger partial charge in [0.05, 0.1) is 0 Å². The van der Waals surface area contributed by atoms with E-state index in [1.54, 1.807) is 0 Å². The second kappa shape index (κ2) is 10.6. The number of carbonyl (C=O) groups excluding carboxylic acids is 1. The van der Waals surface area contributed by atoms with Crippen molar-refractivity contribution in [3.63, 3.8) is 0 Å². The molecule has 12 heavy (non-hydrogen) atoms. The first-order chi connectivity index (χ1) is 3.92. The molecule has 5 nitrogen and oxygen atoms in total. The van der Waals surface area contributed by atoms with E-state index in [2.05, 4.69) is 0 Å². The molecule has 0 rings (SSSR count). The Morgan fingerprint density at radius 3 is 1.75 bits per heavy atom. The van der Waals surface area contributed by atoms with E-state index in [9.17, 15) is 14.7 Å². The molecule has 2 N–H and O–H groups in total. The van der Waals surface area contributed by atoms with Crippen LogP contribution in [0.3, 0.4) is 0 Å². The Morgan fingerprint density at radius 1 is 1.33 bits per heavy atom. The summed E-state index contributed by atoms with van der Waals surface area (Å²) < 4.78 is 0. The van der Waals surface area contributed by atoms with Crippen LogP contribution in [0.5, 0.6) is 0 Å². The van der Waals surface area contributed by atoms with Crippen molar-refractivity contribution in [2.24, 2.45) is 0 Å². The summed E-state index contributed by atoms with van der Waals surface area (Å²) in [6, 6.07) is -0.616. The average Bonchev–Trinajstić information content (AvgIpc) is 1.59. The van der Waals surface area contributed by atoms with Gasteiger partial charge in [-0.05, 0) is 12.5 Å². The van der Waals surface area contributed by atoms with Crippen LogP contribution in [0.2, 0.25) is 6.04 Å². The molecule has 0 radical (unpaired) electrons. The van der Waals surface area contributed by atoms with E-state index in [0.717, 1.165) is 0 Å². The van der Waals surface area contributed by atoms with Gasteiger partial charge in [-0.1, -0.05) is 7.43 Å². The Balaban J connectivity index is -0.000000107. The molecule has 0 spiro atoms. The molecule has 62 valence electrons. The Labute approximate surface area is 117 Å². The van der Waals surface area contributed by atoms with Crippen molar-refractivity contribution in [3.05, 3.63) is 0 Å². The number of carboxylic acids is 1. The Hall–Kier alpha value is 1.57. The van der Waals surface area contributed by atoms with Crippen molar-refractivity contribution >= 4 is 14.8 Å². The van der Waals surface area contributed by atoms with E-state index in [1.165, 1.54) is 0 Å². The number of hydrogen-bond donors (Lipinski definition) is 2. The van der Waals surface area contributed by atoms with E-state index in [0.29, 0.717) is 0 Å². The fourth-order valence-corrected chi connectivity index (χ4v) is 0.795. The first-order valence-electron chi connectivity index (χ1n) is 2.27. The fraction of sp³-hybridized carbons (Fsp3) is 0.750. The first kappa shape index (κ1) is 23.4. The number of carboxylic acid groups (broad SMARTS) is 1. The minimum atomic E-state index is -4.39. The maximum Gasteiger partial charge on any atom is 1.00 e. The molecule has 0 fully saturated rings. The van der Waals surface area contributed by atoms with Crippen LogP contribution in [-0.4, -0.2) is 24.4 Å². The number of aliphatic carboxylic acids is 1. The molecule has 0 aliphatic heterocycles. The number of carbonyl (C=O) groups is 1. The van der Waals surface area contributed by atoms with Gasteiger partial charge in [-0.15, -0.1) is 0 Å². The van der Waals surface area contributed by atoms with Gasteiger partial charge in [0, 0.05) is 5.97 Å². The van der Waals surface area contributed by atoms with Crippen molar-refractivity contribution < 1.29 is 83.4 Å². The second-order valence-corrected chi connectivity index (χ2v) is 3.60. The molecule has 0 aliphatic carbocycles. The smallest absolute Gasteiger partial charge is 0.817 e. The largest absolute Gasteiger partial charge is 1.00 e. The summed E-state index contributed by atoms with van der Waals surface area (Å²) in [5.41, 5.74) is 0. The van der Waals surface area contributed by atoms with Crippen LogP contribution in [0.1, 0.15) is 13.8 Å². The van der Waals surface area contributed by atoms with Crippen LogP contribution in [0.15, 0.2) is 0 Å². The summed E-state index contributed by atoms with van der Waals surface area (Å²) in [6.45, 7) is 0. The fourth-order valence-electron chi connectivity index (χ4n) is 0.265. The summed E-state index contributed by atoms with van der Waals surface area (Å²) >= 11 is 0. The van der Waals surface area contributed by atoms with Gasteiger partial charge < -0.3 is 24.3 Å². The Bertz CT molecular complexity index is 115. The standard InChI is InChI=1S/C3H7O5Si.CH4.2Na/c4-3(5)1-2-9(6,7)8;;;/h6-7H,1-2H2,(H,4,5);1H4;;/q-1;;2*+1/p-1. The summed E-state index contributed by atoms with van der Waals surface area (Å²) in [7, 11) is -4.39. The topological polar surface area (TPSA) is 104 Å². The van der Waals surface area contributed by atoms with Gasteiger partial charge in [0.25, 0.3) is 0 Å². The van der Waals surface area contributed by atoms with E-state index < -0.39 is 27.2 Å². The zero-order valence-corrected chi connectivity index (χ0v) is 11.5. The van der Waals surface area contributed by atoms with Crippen molar-refractivity contribution in [3.8, 4) is 0 Å². The zero-order chi connectivity index (χ0) is 7.49. The third kappa shape index (κ3) is 22.6. The molecule has 0 amide bonds. The second-order valence-electron chi connectivity index (χ2n) is 1.62. The summed E-state index contributed by atoms with van der Waals surface area (Å²) in [5.74, 6) is -1.44. The molecule has 0 unspecified atom stereocenters. The van der Waals surface area contributed by atoms with Crippen LogP contribution in [0.25, 0.3) is 0 Å². The van der Waals surface area contributed by atoms with E-state index in [4.69, 9.17) is 9.59 Å². The van der Waals surface area contributed by atoms with Crippen molar-refractivity contribution in [1.29, 1.82) is 0 Å². The molecule has 0 aromatic carbocycles. The zero-order valence-electron chi connectivity index (χ0n) is 6.53. The van der Waals surface area contributed by atoms with Gasteiger partial charge in [-0.3, -0.25) is 0 Å².